The van der Waals surface area contributed by atoms with Crippen LogP contribution in [0.2, 0.25) is 0 Å². The maximum atomic E-state index is 11.7. The molecule has 1 fully saturated rings. The fraction of sp³-hybridized carbons (Fsp3) is 0.417. The second-order valence-corrected chi connectivity index (χ2v) is 5.95. The molecule has 0 spiro atoms. The summed E-state index contributed by atoms with van der Waals surface area (Å²) in [7, 11) is -0.750. The Hall–Kier alpha value is -1.18. The Balaban J connectivity index is 2.13. The highest BCUT2D eigenvalue weighted by Gasteiger charge is 2.24. The van der Waals surface area contributed by atoms with Gasteiger partial charge in [-0.1, -0.05) is 12.1 Å². The summed E-state index contributed by atoms with van der Waals surface area (Å²) in [5, 5.41) is 12.3. The topological polar surface area (TPSA) is 52.9 Å². The van der Waals surface area contributed by atoms with Crippen molar-refractivity contribution in [1.82, 2.24) is 5.32 Å². The van der Waals surface area contributed by atoms with E-state index in [-0.39, 0.29) is 11.3 Å². The molecule has 0 radical (unpaired) electrons. The summed E-state index contributed by atoms with van der Waals surface area (Å²) >= 11 is 0. The van der Waals surface area contributed by atoms with Gasteiger partial charge in [-0.05, 0) is 24.6 Å². The van der Waals surface area contributed by atoms with Crippen molar-refractivity contribution in [1.29, 1.82) is 5.26 Å². The standard InChI is InChI=1S/C12H14N2OS/c1-9-7-14-12(8-16(9)15)11-4-2-10(6-13)3-5-11/h2-5,9,12,14H,7-8H2,1H3. The van der Waals surface area contributed by atoms with E-state index >= 15 is 0 Å². The maximum absolute atomic E-state index is 11.7. The van der Waals surface area contributed by atoms with E-state index in [2.05, 4.69) is 11.4 Å². The van der Waals surface area contributed by atoms with Crippen molar-refractivity contribution in [3.8, 4) is 6.07 Å². The molecule has 1 N–H and O–H groups in total. The van der Waals surface area contributed by atoms with Gasteiger partial charge in [0.2, 0.25) is 0 Å². The highest BCUT2D eigenvalue weighted by atomic mass is 32.2. The van der Waals surface area contributed by atoms with Crippen molar-refractivity contribution < 1.29 is 4.21 Å². The average molecular weight is 234 g/mol. The van der Waals surface area contributed by atoms with Gasteiger partial charge in [0.1, 0.15) is 0 Å². The molecule has 3 unspecified atom stereocenters. The Kier molecular flexibility index (Phi) is 3.37. The second kappa shape index (κ2) is 4.77. The Morgan fingerprint density at radius 3 is 2.69 bits per heavy atom. The van der Waals surface area contributed by atoms with Crippen LogP contribution in [0.5, 0.6) is 0 Å². The highest BCUT2D eigenvalue weighted by Crippen LogP contribution is 2.19. The molecule has 0 aromatic heterocycles. The van der Waals surface area contributed by atoms with Crippen molar-refractivity contribution in [3.63, 3.8) is 0 Å². The molecule has 3 nitrogen and oxygen atoms in total. The molecular formula is C12H14N2OS. The summed E-state index contributed by atoms with van der Waals surface area (Å²) in [6.45, 7) is 2.79. The van der Waals surface area contributed by atoms with Crippen LogP contribution in [-0.2, 0) is 10.8 Å². The molecule has 1 aromatic rings. The van der Waals surface area contributed by atoms with E-state index in [0.29, 0.717) is 11.3 Å². The Morgan fingerprint density at radius 2 is 2.12 bits per heavy atom. The Bertz CT molecular complexity index is 435. The summed E-state index contributed by atoms with van der Waals surface area (Å²) < 4.78 is 11.7. The first kappa shape index (κ1) is 11.3. The van der Waals surface area contributed by atoms with E-state index in [4.69, 9.17) is 5.26 Å². The number of nitrogens with zero attached hydrogens (tertiary/aromatic N) is 1. The molecule has 1 aliphatic heterocycles. The third kappa shape index (κ3) is 2.31. The number of nitriles is 1. The van der Waals surface area contributed by atoms with Crippen LogP contribution < -0.4 is 5.32 Å². The molecule has 1 aliphatic rings. The smallest absolute Gasteiger partial charge is 0.0991 e. The molecule has 0 aliphatic carbocycles. The van der Waals surface area contributed by atoms with Gasteiger partial charge in [-0.25, -0.2) is 0 Å². The molecule has 1 saturated heterocycles. The first-order chi connectivity index (χ1) is 7.70. The molecule has 4 heteroatoms. The number of nitrogens with one attached hydrogen (secondary N) is 1. The van der Waals surface area contributed by atoms with Gasteiger partial charge in [0.15, 0.2) is 0 Å². The van der Waals surface area contributed by atoms with Crippen LogP contribution in [0, 0.1) is 11.3 Å². The lowest BCUT2D eigenvalue weighted by atomic mass is 10.1. The zero-order valence-corrected chi connectivity index (χ0v) is 9.96. The molecule has 16 heavy (non-hydrogen) atoms. The van der Waals surface area contributed by atoms with Crippen molar-refractivity contribution in [3.05, 3.63) is 35.4 Å². The fourth-order valence-electron chi connectivity index (χ4n) is 1.79. The normalized spacial score (nSPS) is 29.6. The minimum atomic E-state index is -0.750. The Morgan fingerprint density at radius 1 is 1.44 bits per heavy atom. The molecule has 1 heterocycles. The van der Waals surface area contributed by atoms with E-state index < -0.39 is 10.8 Å². The average Bonchev–Trinajstić information content (AvgIpc) is 2.33. The number of rotatable bonds is 1. The van der Waals surface area contributed by atoms with Crippen molar-refractivity contribution in [2.45, 2.75) is 18.2 Å². The zero-order valence-electron chi connectivity index (χ0n) is 9.14. The van der Waals surface area contributed by atoms with Crippen LogP contribution in [0.4, 0.5) is 0 Å². The van der Waals surface area contributed by atoms with Gasteiger partial charge in [0.05, 0.1) is 11.6 Å². The van der Waals surface area contributed by atoms with Crippen LogP contribution in [0.3, 0.4) is 0 Å². The van der Waals surface area contributed by atoms with Crippen LogP contribution >= 0.6 is 0 Å². The summed E-state index contributed by atoms with van der Waals surface area (Å²) in [4.78, 5) is 0. The van der Waals surface area contributed by atoms with Crippen LogP contribution in [0.15, 0.2) is 24.3 Å². The number of hydrogen-bond donors (Lipinski definition) is 1. The van der Waals surface area contributed by atoms with Crippen LogP contribution in [0.1, 0.15) is 24.1 Å². The van der Waals surface area contributed by atoms with Crippen LogP contribution in [-0.4, -0.2) is 21.8 Å². The largest absolute Gasteiger partial charge is 0.308 e. The molecule has 0 saturated carbocycles. The summed E-state index contributed by atoms with van der Waals surface area (Å²) in [6, 6.07) is 9.72. The lowest BCUT2D eigenvalue weighted by Crippen LogP contribution is -2.41. The van der Waals surface area contributed by atoms with Gasteiger partial charge in [0.25, 0.3) is 0 Å². The first-order valence-corrected chi connectivity index (χ1v) is 6.69. The van der Waals surface area contributed by atoms with Gasteiger partial charge in [-0.15, -0.1) is 0 Å². The minimum Gasteiger partial charge on any atom is -0.308 e. The lowest BCUT2D eigenvalue weighted by molar-refractivity contribution is 0.540. The van der Waals surface area contributed by atoms with Crippen molar-refractivity contribution >= 4 is 10.8 Å². The fourth-order valence-corrected chi connectivity index (χ4v) is 3.04. The number of benzene rings is 1. The van der Waals surface area contributed by atoms with E-state index in [9.17, 15) is 4.21 Å². The summed E-state index contributed by atoms with van der Waals surface area (Å²) in [5.41, 5.74) is 1.77. The number of hydrogen-bond acceptors (Lipinski definition) is 3. The molecule has 1 aromatic carbocycles. The van der Waals surface area contributed by atoms with Gasteiger partial charge < -0.3 is 5.32 Å². The monoisotopic (exact) mass is 234 g/mol. The maximum Gasteiger partial charge on any atom is 0.0991 e. The predicted octanol–water partition coefficient (Wildman–Crippen LogP) is 1.34. The molecule has 2 rings (SSSR count). The second-order valence-electron chi connectivity index (χ2n) is 4.05. The van der Waals surface area contributed by atoms with Crippen molar-refractivity contribution in [2.75, 3.05) is 12.3 Å². The third-order valence-electron chi connectivity index (χ3n) is 2.87. The predicted molar refractivity (Wildman–Crippen MR) is 64.4 cm³/mol. The SMILES string of the molecule is CC1CNC(c2ccc(C#N)cc2)CS1=O. The highest BCUT2D eigenvalue weighted by molar-refractivity contribution is 7.85. The van der Waals surface area contributed by atoms with Crippen LogP contribution in [0.25, 0.3) is 0 Å². The van der Waals surface area contributed by atoms with E-state index in [1.54, 1.807) is 12.1 Å². The van der Waals surface area contributed by atoms with Gasteiger partial charge in [-0.2, -0.15) is 5.26 Å². The third-order valence-corrected chi connectivity index (χ3v) is 4.60. The van der Waals surface area contributed by atoms with Gasteiger partial charge in [0, 0.05) is 34.4 Å². The van der Waals surface area contributed by atoms with Gasteiger partial charge >= 0.3 is 0 Å². The molecule has 3 atom stereocenters. The van der Waals surface area contributed by atoms with E-state index in [1.807, 2.05) is 19.1 Å². The molecule has 0 amide bonds. The van der Waals surface area contributed by atoms with E-state index in [0.717, 1.165) is 12.1 Å². The molecular weight excluding hydrogens is 220 g/mol. The molecule has 84 valence electrons. The quantitative estimate of drug-likeness (QED) is 0.797. The molecule has 0 bridgehead atoms. The minimum absolute atomic E-state index is 0.157. The zero-order chi connectivity index (χ0) is 11.5. The Labute approximate surface area is 97.9 Å². The summed E-state index contributed by atoms with van der Waals surface area (Å²) in [6.07, 6.45) is 0. The lowest BCUT2D eigenvalue weighted by Gasteiger charge is -2.27. The van der Waals surface area contributed by atoms with Gasteiger partial charge in [-0.3, -0.25) is 4.21 Å². The first-order valence-electron chi connectivity index (χ1n) is 5.31. The van der Waals surface area contributed by atoms with Crippen molar-refractivity contribution in [2.24, 2.45) is 0 Å². The summed E-state index contributed by atoms with van der Waals surface area (Å²) in [5.74, 6) is 0.660. The van der Waals surface area contributed by atoms with E-state index in [1.165, 1.54) is 0 Å².